The minimum atomic E-state index is -0.701. The van der Waals surface area contributed by atoms with Crippen LogP contribution in [0.1, 0.15) is 27.7 Å². The first-order valence-corrected chi connectivity index (χ1v) is 6.04. The predicted octanol–water partition coefficient (Wildman–Crippen LogP) is 3.58. The number of rotatable bonds is 4. The van der Waals surface area contributed by atoms with Gasteiger partial charge in [-0.3, -0.25) is 9.59 Å². The minimum Gasteiger partial charge on any atom is -0.289 e. The normalized spacial score (nSPS) is 15.7. The summed E-state index contributed by atoms with van der Waals surface area (Å²) in [5, 5.41) is 6.63. The first-order chi connectivity index (χ1) is 9.36. The second kappa shape index (κ2) is 6.06. The van der Waals surface area contributed by atoms with Gasteiger partial charge in [-0.15, -0.1) is 0 Å². The van der Waals surface area contributed by atoms with Crippen molar-refractivity contribution in [2.24, 2.45) is 22.1 Å². The molecule has 0 N–H and O–H groups in total. The van der Waals surface area contributed by atoms with Crippen LogP contribution in [-0.2, 0) is 9.59 Å². The van der Waals surface area contributed by atoms with E-state index >= 15 is 0 Å². The Morgan fingerprint density at radius 3 is 1.40 bits per heavy atom. The second-order valence-electron chi connectivity index (χ2n) is 4.87. The number of allylic oxidation sites excluding steroid dienone is 2. The van der Waals surface area contributed by atoms with E-state index in [-0.39, 0.29) is 34.4 Å². The summed E-state index contributed by atoms with van der Waals surface area (Å²) in [7, 11) is 0. The summed E-state index contributed by atoms with van der Waals surface area (Å²) < 4.78 is 0. The topological polar surface area (TPSA) is 132 Å². The Morgan fingerprint density at radius 2 is 1.15 bits per heavy atom. The number of azide groups is 2. The predicted molar refractivity (Wildman–Crippen MR) is 72.0 cm³/mol. The molecule has 8 nitrogen and oxygen atoms in total. The van der Waals surface area contributed by atoms with Gasteiger partial charge in [0.15, 0.2) is 11.6 Å². The van der Waals surface area contributed by atoms with E-state index in [2.05, 4.69) is 20.1 Å². The number of carbonyl (C=O) groups is 2. The Morgan fingerprint density at radius 1 is 0.800 bits per heavy atom. The lowest BCUT2D eigenvalue weighted by atomic mass is 9.81. The van der Waals surface area contributed by atoms with E-state index in [1.807, 2.05) is 0 Å². The third kappa shape index (κ3) is 2.56. The van der Waals surface area contributed by atoms with Crippen LogP contribution in [0.15, 0.2) is 32.8 Å². The maximum atomic E-state index is 12.5. The van der Waals surface area contributed by atoms with Gasteiger partial charge < -0.3 is 0 Å². The van der Waals surface area contributed by atoms with Gasteiger partial charge in [0.1, 0.15) is 0 Å². The van der Waals surface area contributed by atoms with Gasteiger partial charge in [-0.2, -0.15) is 0 Å². The average molecular weight is 274 g/mol. The van der Waals surface area contributed by atoms with E-state index in [0.717, 1.165) is 0 Å². The lowest BCUT2D eigenvalue weighted by Gasteiger charge is -2.23. The zero-order valence-electron chi connectivity index (χ0n) is 11.7. The third-order valence-corrected chi connectivity index (χ3v) is 2.87. The first kappa shape index (κ1) is 15.5. The van der Waals surface area contributed by atoms with Gasteiger partial charge in [-0.1, -0.05) is 37.9 Å². The molecule has 0 fully saturated rings. The number of hydrogen-bond donors (Lipinski definition) is 0. The molecule has 0 amide bonds. The van der Waals surface area contributed by atoms with Crippen LogP contribution in [0, 0.1) is 11.8 Å². The van der Waals surface area contributed by atoms with Crippen molar-refractivity contribution in [3.8, 4) is 0 Å². The van der Waals surface area contributed by atoms with Crippen LogP contribution in [0.25, 0.3) is 20.9 Å². The van der Waals surface area contributed by atoms with Crippen molar-refractivity contribution in [1.82, 2.24) is 0 Å². The highest BCUT2D eigenvalue weighted by atomic mass is 16.1. The van der Waals surface area contributed by atoms with Crippen molar-refractivity contribution < 1.29 is 9.59 Å². The molecule has 0 aromatic heterocycles. The second-order valence-corrected chi connectivity index (χ2v) is 4.87. The van der Waals surface area contributed by atoms with Crippen molar-refractivity contribution in [3.63, 3.8) is 0 Å². The molecular weight excluding hydrogens is 260 g/mol. The molecule has 0 saturated carbocycles. The fourth-order valence-electron chi connectivity index (χ4n) is 2.08. The van der Waals surface area contributed by atoms with Crippen LogP contribution in [0.4, 0.5) is 0 Å². The molecular formula is C12H14N6O2. The number of hydrogen-bond acceptors (Lipinski definition) is 4. The maximum Gasteiger partial charge on any atom is 0.198 e. The standard InChI is InChI=1S/C12H14N6O2/c1-5(2)7-9(15-17-13)12(20)10(16-18-14)8(6(3)4)11(7)19/h5-6H,1-4H3. The molecule has 104 valence electrons. The van der Waals surface area contributed by atoms with Crippen LogP contribution in [0.5, 0.6) is 0 Å². The van der Waals surface area contributed by atoms with Gasteiger partial charge >= 0.3 is 0 Å². The molecule has 0 atom stereocenters. The largest absolute Gasteiger partial charge is 0.289 e. The van der Waals surface area contributed by atoms with Crippen LogP contribution in [0.3, 0.4) is 0 Å². The number of carbonyl (C=O) groups excluding carboxylic acids is 2. The summed E-state index contributed by atoms with van der Waals surface area (Å²) in [6, 6.07) is 0. The fourth-order valence-corrected chi connectivity index (χ4v) is 2.08. The van der Waals surface area contributed by atoms with Crippen LogP contribution >= 0.6 is 0 Å². The van der Waals surface area contributed by atoms with Crippen molar-refractivity contribution in [3.05, 3.63) is 43.4 Å². The molecule has 1 aliphatic rings. The number of ketones is 2. The summed E-state index contributed by atoms with van der Waals surface area (Å²) in [4.78, 5) is 29.9. The average Bonchev–Trinajstić information content (AvgIpc) is 2.34. The summed E-state index contributed by atoms with van der Waals surface area (Å²) in [6.45, 7) is 6.90. The van der Waals surface area contributed by atoms with Gasteiger partial charge in [0, 0.05) is 21.0 Å². The molecule has 0 aromatic carbocycles. The van der Waals surface area contributed by atoms with E-state index in [9.17, 15) is 9.59 Å². The molecule has 0 spiro atoms. The van der Waals surface area contributed by atoms with E-state index < -0.39 is 11.6 Å². The number of nitrogens with zero attached hydrogens (tertiary/aromatic N) is 6. The van der Waals surface area contributed by atoms with Crippen molar-refractivity contribution in [1.29, 1.82) is 0 Å². The van der Waals surface area contributed by atoms with Gasteiger partial charge in [-0.25, -0.2) is 0 Å². The molecule has 20 heavy (non-hydrogen) atoms. The molecule has 0 bridgehead atoms. The highest BCUT2D eigenvalue weighted by Crippen LogP contribution is 2.34. The lowest BCUT2D eigenvalue weighted by Crippen LogP contribution is -2.27. The van der Waals surface area contributed by atoms with E-state index in [0.29, 0.717) is 0 Å². The molecule has 1 rings (SSSR count). The van der Waals surface area contributed by atoms with Crippen molar-refractivity contribution >= 4 is 11.6 Å². The molecule has 1 aliphatic carbocycles. The van der Waals surface area contributed by atoms with Gasteiger partial charge in [0.25, 0.3) is 0 Å². The molecule has 0 saturated heterocycles. The molecule has 8 heteroatoms. The van der Waals surface area contributed by atoms with Gasteiger partial charge in [0.2, 0.25) is 0 Å². The third-order valence-electron chi connectivity index (χ3n) is 2.87. The zero-order chi connectivity index (χ0) is 15.4. The van der Waals surface area contributed by atoms with E-state index in [1.54, 1.807) is 27.7 Å². The Balaban J connectivity index is 3.71. The maximum absolute atomic E-state index is 12.5. The first-order valence-electron chi connectivity index (χ1n) is 6.04. The Hall–Kier alpha value is -2.56. The van der Waals surface area contributed by atoms with E-state index in [1.165, 1.54) is 0 Å². The summed E-state index contributed by atoms with van der Waals surface area (Å²) >= 11 is 0. The smallest absolute Gasteiger partial charge is 0.198 e. The summed E-state index contributed by atoms with van der Waals surface area (Å²) in [5.41, 5.74) is 16.9. The molecule has 0 radical (unpaired) electrons. The SMILES string of the molecule is CC(C)C1=C(N=[N+]=[N-])C(=O)C(N=[N+]=[N-])=C(C(C)C)C1=O. The highest BCUT2D eigenvalue weighted by Gasteiger charge is 2.35. The molecule has 0 aromatic rings. The quantitative estimate of drug-likeness (QED) is 0.335. The van der Waals surface area contributed by atoms with Crippen LogP contribution < -0.4 is 0 Å². The monoisotopic (exact) mass is 274 g/mol. The molecule has 0 aliphatic heterocycles. The Labute approximate surface area is 115 Å². The minimum absolute atomic E-state index is 0.161. The molecule has 0 heterocycles. The fraction of sp³-hybridized carbons (Fsp3) is 0.500. The van der Waals surface area contributed by atoms with Crippen LogP contribution in [0.2, 0.25) is 0 Å². The Bertz CT molecular complexity index is 576. The van der Waals surface area contributed by atoms with Crippen molar-refractivity contribution in [2.75, 3.05) is 0 Å². The highest BCUT2D eigenvalue weighted by molar-refractivity contribution is 6.25. The van der Waals surface area contributed by atoms with Gasteiger partial charge in [0.05, 0.1) is 11.4 Å². The van der Waals surface area contributed by atoms with Crippen molar-refractivity contribution in [2.45, 2.75) is 27.7 Å². The lowest BCUT2D eigenvalue weighted by molar-refractivity contribution is -0.117. The Kier molecular flexibility index (Phi) is 4.69. The summed E-state index contributed by atoms with van der Waals surface area (Å²) in [5.74, 6) is -1.67. The zero-order valence-corrected chi connectivity index (χ0v) is 11.7. The van der Waals surface area contributed by atoms with Crippen LogP contribution in [-0.4, -0.2) is 11.6 Å². The molecule has 0 unspecified atom stereocenters. The summed E-state index contributed by atoms with van der Waals surface area (Å²) in [6.07, 6.45) is 0. The van der Waals surface area contributed by atoms with E-state index in [4.69, 9.17) is 11.1 Å². The number of Topliss-reactive ketones (excluding diaryl/α,β-unsaturated/α-hetero) is 2. The van der Waals surface area contributed by atoms with Gasteiger partial charge in [-0.05, 0) is 22.9 Å².